The van der Waals surface area contributed by atoms with Crippen molar-refractivity contribution in [1.29, 1.82) is 0 Å². The second-order valence-electron chi connectivity index (χ2n) is 5.12. The normalized spacial score (nSPS) is 10.1. The van der Waals surface area contributed by atoms with E-state index in [1.807, 2.05) is 30.3 Å². The van der Waals surface area contributed by atoms with Crippen LogP contribution in [-0.4, -0.2) is 24.4 Å². The molecule has 0 saturated heterocycles. The minimum absolute atomic E-state index is 0.0571. The number of benzene rings is 2. The van der Waals surface area contributed by atoms with Crippen molar-refractivity contribution in [2.75, 3.05) is 23.8 Å². The van der Waals surface area contributed by atoms with Gasteiger partial charge in [-0.15, -0.1) is 0 Å². The zero-order valence-corrected chi connectivity index (χ0v) is 12.9. The lowest BCUT2D eigenvalue weighted by atomic mass is 10.2. The molecule has 2 aromatic rings. The molecule has 23 heavy (non-hydrogen) atoms. The number of hydrogen-bond acceptors (Lipinski definition) is 4. The van der Waals surface area contributed by atoms with Crippen LogP contribution in [0.2, 0.25) is 0 Å². The van der Waals surface area contributed by atoms with E-state index in [0.29, 0.717) is 19.4 Å². The number of nitrogens with zero attached hydrogens (tertiary/aromatic N) is 2. The van der Waals surface area contributed by atoms with Gasteiger partial charge in [0.1, 0.15) is 0 Å². The summed E-state index contributed by atoms with van der Waals surface area (Å²) in [5, 5.41) is 13.7. The first-order chi connectivity index (χ1) is 11.1. The van der Waals surface area contributed by atoms with Crippen LogP contribution in [0.15, 0.2) is 54.6 Å². The van der Waals surface area contributed by atoms with Crippen LogP contribution in [0.25, 0.3) is 0 Å². The second-order valence-corrected chi connectivity index (χ2v) is 5.12. The maximum Gasteiger partial charge on any atom is 0.269 e. The summed E-state index contributed by atoms with van der Waals surface area (Å²) < 4.78 is 0. The lowest BCUT2D eigenvalue weighted by Gasteiger charge is -2.17. The molecule has 1 N–H and O–H groups in total. The van der Waals surface area contributed by atoms with Crippen molar-refractivity contribution in [3.63, 3.8) is 0 Å². The number of hydrogen-bond donors (Lipinski definition) is 1. The molecule has 0 heterocycles. The molecule has 0 aliphatic rings. The van der Waals surface area contributed by atoms with Crippen LogP contribution in [0, 0.1) is 10.1 Å². The highest BCUT2D eigenvalue weighted by Crippen LogP contribution is 2.16. The van der Waals surface area contributed by atoms with Crippen molar-refractivity contribution in [3.8, 4) is 0 Å². The summed E-state index contributed by atoms with van der Waals surface area (Å²) in [6.45, 7) is 0.631. The van der Waals surface area contributed by atoms with Crippen molar-refractivity contribution in [2.24, 2.45) is 0 Å². The Bertz CT molecular complexity index is 657. The molecule has 2 rings (SSSR count). The van der Waals surface area contributed by atoms with Crippen LogP contribution >= 0.6 is 0 Å². The average molecular weight is 313 g/mol. The maximum atomic E-state index is 12.1. The maximum absolute atomic E-state index is 12.1. The van der Waals surface area contributed by atoms with Crippen LogP contribution in [0.5, 0.6) is 0 Å². The van der Waals surface area contributed by atoms with Crippen LogP contribution in [0.1, 0.15) is 12.8 Å². The molecule has 0 aliphatic carbocycles. The van der Waals surface area contributed by atoms with Gasteiger partial charge in [-0.2, -0.15) is 0 Å². The number of anilines is 2. The van der Waals surface area contributed by atoms with E-state index in [2.05, 4.69) is 5.32 Å². The zero-order chi connectivity index (χ0) is 16.7. The Labute approximate surface area is 134 Å². The molecular formula is C17H19N3O3. The van der Waals surface area contributed by atoms with E-state index in [4.69, 9.17) is 0 Å². The van der Waals surface area contributed by atoms with Gasteiger partial charge >= 0.3 is 0 Å². The van der Waals surface area contributed by atoms with E-state index in [9.17, 15) is 14.9 Å². The van der Waals surface area contributed by atoms with Gasteiger partial charge in [0.05, 0.1) is 4.92 Å². The molecule has 0 saturated carbocycles. The van der Waals surface area contributed by atoms with Gasteiger partial charge in [-0.25, -0.2) is 0 Å². The number of nitro groups is 1. The van der Waals surface area contributed by atoms with Crippen LogP contribution in [0.4, 0.5) is 17.1 Å². The second kappa shape index (κ2) is 7.93. The summed E-state index contributed by atoms with van der Waals surface area (Å²) in [6, 6.07) is 15.7. The van der Waals surface area contributed by atoms with Crippen molar-refractivity contribution in [1.82, 2.24) is 0 Å². The monoisotopic (exact) mass is 313 g/mol. The highest BCUT2D eigenvalue weighted by atomic mass is 16.6. The molecule has 0 aromatic heterocycles. The van der Waals surface area contributed by atoms with Gasteiger partial charge in [0.25, 0.3) is 5.69 Å². The fourth-order valence-electron chi connectivity index (χ4n) is 2.14. The predicted molar refractivity (Wildman–Crippen MR) is 90.7 cm³/mol. The summed E-state index contributed by atoms with van der Waals surface area (Å²) >= 11 is 0. The molecule has 0 radical (unpaired) electrons. The molecule has 0 spiro atoms. The Hall–Kier alpha value is -2.89. The van der Waals surface area contributed by atoms with Crippen LogP contribution in [-0.2, 0) is 4.79 Å². The number of para-hydroxylation sites is 1. The van der Waals surface area contributed by atoms with Crippen molar-refractivity contribution < 1.29 is 9.72 Å². The minimum Gasteiger partial charge on any atom is -0.385 e. The Balaban J connectivity index is 1.74. The largest absolute Gasteiger partial charge is 0.385 e. The topological polar surface area (TPSA) is 75.5 Å². The molecule has 2 aromatic carbocycles. The first-order valence-electron chi connectivity index (χ1n) is 7.38. The van der Waals surface area contributed by atoms with Gasteiger partial charge in [-0.05, 0) is 30.7 Å². The molecule has 0 fully saturated rings. The molecule has 0 aliphatic heterocycles. The molecular weight excluding hydrogens is 294 g/mol. The van der Waals surface area contributed by atoms with Crippen LogP contribution in [0.3, 0.4) is 0 Å². The van der Waals surface area contributed by atoms with Crippen molar-refractivity contribution in [3.05, 3.63) is 64.7 Å². The van der Waals surface area contributed by atoms with Crippen molar-refractivity contribution in [2.45, 2.75) is 12.8 Å². The van der Waals surface area contributed by atoms with E-state index in [1.54, 1.807) is 24.1 Å². The standard InChI is InChI=1S/C17H19N3O3/c1-19(15-6-3-2-4-7-15)17(21)8-5-13-18-14-9-11-16(12-10-14)20(22)23/h2-4,6-7,9-12,18H,5,8,13H2,1H3. The highest BCUT2D eigenvalue weighted by molar-refractivity contribution is 5.92. The lowest BCUT2D eigenvalue weighted by Crippen LogP contribution is -2.26. The Kier molecular flexibility index (Phi) is 5.68. The number of rotatable bonds is 7. The highest BCUT2D eigenvalue weighted by Gasteiger charge is 2.10. The molecule has 1 amide bonds. The summed E-state index contributed by atoms with van der Waals surface area (Å²) in [4.78, 5) is 23.9. The number of carbonyl (C=O) groups excluding carboxylic acids is 1. The van der Waals surface area contributed by atoms with Gasteiger partial charge in [-0.1, -0.05) is 18.2 Å². The van der Waals surface area contributed by atoms with E-state index < -0.39 is 4.92 Å². The summed E-state index contributed by atoms with van der Waals surface area (Å²) in [5.41, 5.74) is 1.75. The lowest BCUT2D eigenvalue weighted by molar-refractivity contribution is -0.384. The fraction of sp³-hybridized carbons (Fsp3) is 0.235. The Morgan fingerprint density at radius 3 is 2.39 bits per heavy atom. The molecule has 0 bridgehead atoms. The molecule has 6 nitrogen and oxygen atoms in total. The van der Waals surface area contributed by atoms with Gasteiger partial charge in [0.2, 0.25) is 5.91 Å². The Morgan fingerprint density at radius 2 is 1.78 bits per heavy atom. The fourth-order valence-corrected chi connectivity index (χ4v) is 2.14. The number of carbonyl (C=O) groups is 1. The number of amides is 1. The number of non-ortho nitro benzene ring substituents is 1. The molecule has 0 unspecified atom stereocenters. The van der Waals surface area contributed by atoms with E-state index in [-0.39, 0.29) is 11.6 Å². The zero-order valence-electron chi connectivity index (χ0n) is 12.9. The van der Waals surface area contributed by atoms with E-state index >= 15 is 0 Å². The third-order valence-electron chi connectivity index (χ3n) is 3.49. The molecule has 6 heteroatoms. The summed E-state index contributed by atoms with van der Waals surface area (Å²) in [6.07, 6.45) is 1.12. The molecule has 0 atom stereocenters. The van der Waals surface area contributed by atoms with Crippen LogP contribution < -0.4 is 10.2 Å². The molecule has 120 valence electrons. The van der Waals surface area contributed by atoms with E-state index in [1.165, 1.54) is 12.1 Å². The van der Waals surface area contributed by atoms with Gasteiger partial charge in [0, 0.05) is 43.5 Å². The van der Waals surface area contributed by atoms with E-state index in [0.717, 1.165) is 11.4 Å². The summed E-state index contributed by atoms with van der Waals surface area (Å²) in [5.74, 6) is 0.0571. The third kappa shape index (κ3) is 4.81. The smallest absolute Gasteiger partial charge is 0.269 e. The van der Waals surface area contributed by atoms with Crippen molar-refractivity contribution >= 4 is 23.0 Å². The minimum atomic E-state index is -0.429. The average Bonchev–Trinajstić information content (AvgIpc) is 2.59. The first kappa shape index (κ1) is 16.5. The first-order valence-corrected chi connectivity index (χ1v) is 7.38. The number of nitrogens with one attached hydrogen (secondary N) is 1. The summed E-state index contributed by atoms with van der Waals surface area (Å²) in [7, 11) is 1.77. The van der Waals surface area contributed by atoms with Gasteiger partial charge < -0.3 is 10.2 Å². The number of nitro benzene ring substituents is 1. The SMILES string of the molecule is CN(C(=O)CCCNc1ccc([N+](=O)[O-])cc1)c1ccccc1. The quantitative estimate of drug-likeness (QED) is 0.482. The van der Waals surface area contributed by atoms with Gasteiger partial charge in [-0.3, -0.25) is 14.9 Å². The Morgan fingerprint density at radius 1 is 1.13 bits per heavy atom. The van der Waals surface area contributed by atoms with Gasteiger partial charge in [0.15, 0.2) is 0 Å². The third-order valence-corrected chi connectivity index (χ3v) is 3.49. The predicted octanol–water partition coefficient (Wildman–Crippen LogP) is 3.45.